The zero-order chi connectivity index (χ0) is 11.2. The summed E-state index contributed by atoms with van der Waals surface area (Å²) in [5.74, 6) is 1.45. The van der Waals surface area contributed by atoms with Gasteiger partial charge in [-0.05, 0) is 30.9 Å². The summed E-state index contributed by atoms with van der Waals surface area (Å²) in [4.78, 5) is 3.34. The van der Waals surface area contributed by atoms with Crippen molar-refractivity contribution in [3.05, 3.63) is 35.7 Å². The molecule has 0 bridgehead atoms. The molecule has 0 spiro atoms. The fraction of sp³-hybridized carbons (Fsp3) is 0.462. The number of ether oxygens (including phenoxy) is 2. The second-order valence-electron chi connectivity index (χ2n) is 3.97. The van der Waals surface area contributed by atoms with E-state index in [2.05, 4.69) is 4.85 Å². The lowest BCUT2D eigenvalue weighted by Crippen LogP contribution is -2.21. The van der Waals surface area contributed by atoms with Gasteiger partial charge in [-0.15, -0.1) is 0 Å². The Labute approximate surface area is 95.8 Å². The first kappa shape index (κ1) is 11.0. The van der Waals surface area contributed by atoms with Crippen molar-refractivity contribution in [3.63, 3.8) is 0 Å². The largest absolute Gasteiger partial charge is 0.493 e. The van der Waals surface area contributed by atoms with Crippen molar-refractivity contribution >= 4 is 5.69 Å². The minimum Gasteiger partial charge on any atom is -0.493 e. The van der Waals surface area contributed by atoms with Crippen LogP contribution in [0.4, 0.5) is 5.69 Å². The lowest BCUT2D eigenvalue weighted by atomic mass is 10.0. The maximum Gasteiger partial charge on any atom is 0.187 e. The van der Waals surface area contributed by atoms with Crippen LogP contribution >= 0.6 is 0 Å². The summed E-state index contributed by atoms with van der Waals surface area (Å²) in [6.45, 7) is 9.30. The molecule has 0 atom stereocenters. The number of benzene rings is 1. The molecule has 1 aromatic carbocycles. The Balaban J connectivity index is 1.82. The summed E-state index contributed by atoms with van der Waals surface area (Å²) >= 11 is 0. The number of hydrogen-bond acceptors (Lipinski definition) is 2. The number of nitrogens with zero attached hydrogens (tertiary/aromatic N) is 1. The summed E-state index contributed by atoms with van der Waals surface area (Å²) < 4.78 is 11.0. The Kier molecular flexibility index (Phi) is 3.79. The summed E-state index contributed by atoms with van der Waals surface area (Å²) in [5, 5.41) is 0. The molecule has 84 valence electrons. The zero-order valence-corrected chi connectivity index (χ0v) is 9.19. The summed E-state index contributed by atoms with van der Waals surface area (Å²) in [7, 11) is 0. The van der Waals surface area contributed by atoms with Gasteiger partial charge in [0.1, 0.15) is 5.75 Å². The van der Waals surface area contributed by atoms with Gasteiger partial charge in [0.05, 0.1) is 13.2 Å². The molecule has 1 fully saturated rings. The van der Waals surface area contributed by atoms with Crippen molar-refractivity contribution < 1.29 is 9.47 Å². The van der Waals surface area contributed by atoms with Crippen LogP contribution in [0.3, 0.4) is 0 Å². The predicted molar refractivity (Wildman–Crippen MR) is 61.7 cm³/mol. The van der Waals surface area contributed by atoms with Gasteiger partial charge in [-0.1, -0.05) is 12.1 Å². The molecule has 3 heteroatoms. The van der Waals surface area contributed by atoms with E-state index in [1.165, 1.54) is 0 Å². The van der Waals surface area contributed by atoms with Crippen LogP contribution < -0.4 is 4.74 Å². The van der Waals surface area contributed by atoms with Crippen LogP contribution in [0.1, 0.15) is 12.8 Å². The van der Waals surface area contributed by atoms with Gasteiger partial charge in [0.2, 0.25) is 0 Å². The molecular formula is C13H15NO2. The number of hydrogen-bond donors (Lipinski definition) is 0. The molecular weight excluding hydrogens is 202 g/mol. The highest BCUT2D eigenvalue weighted by Gasteiger charge is 2.14. The minimum absolute atomic E-state index is 0.606. The van der Waals surface area contributed by atoms with Gasteiger partial charge in [-0.3, -0.25) is 0 Å². The van der Waals surface area contributed by atoms with Crippen LogP contribution in [-0.4, -0.2) is 19.8 Å². The van der Waals surface area contributed by atoms with Crippen LogP contribution in [0, 0.1) is 12.5 Å². The second kappa shape index (κ2) is 5.53. The Morgan fingerprint density at radius 2 is 1.94 bits per heavy atom. The molecule has 1 aromatic rings. The predicted octanol–water partition coefficient (Wildman–Crippen LogP) is 3.04. The molecule has 2 rings (SSSR count). The van der Waals surface area contributed by atoms with E-state index in [9.17, 15) is 0 Å². The van der Waals surface area contributed by atoms with Gasteiger partial charge in [0, 0.05) is 13.2 Å². The first-order valence-corrected chi connectivity index (χ1v) is 5.56. The van der Waals surface area contributed by atoms with Crippen LogP contribution in [0.25, 0.3) is 4.85 Å². The van der Waals surface area contributed by atoms with Crippen molar-refractivity contribution in [2.75, 3.05) is 19.8 Å². The molecule has 3 nitrogen and oxygen atoms in total. The van der Waals surface area contributed by atoms with E-state index in [4.69, 9.17) is 16.0 Å². The highest BCUT2D eigenvalue weighted by molar-refractivity contribution is 5.46. The van der Waals surface area contributed by atoms with Gasteiger partial charge in [-0.25, -0.2) is 4.85 Å². The van der Waals surface area contributed by atoms with E-state index < -0.39 is 0 Å². The molecule has 0 amide bonds. The Morgan fingerprint density at radius 1 is 1.25 bits per heavy atom. The van der Waals surface area contributed by atoms with Crippen LogP contribution in [0.5, 0.6) is 5.75 Å². The first-order chi connectivity index (χ1) is 7.88. The standard InChI is InChI=1S/C13H15NO2/c1-14-12-2-4-13(5-3-12)16-10-11-6-8-15-9-7-11/h2-5,11H,6-10H2. The smallest absolute Gasteiger partial charge is 0.187 e. The van der Waals surface area contributed by atoms with E-state index in [-0.39, 0.29) is 0 Å². The van der Waals surface area contributed by atoms with Crippen LogP contribution in [0.2, 0.25) is 0 Å². The molecule has 1 heterocycles. The fourth-order valence-corrected chi connectivity index (χ4v) is 1.74. The summed E-state index contributed by atoms with van der Waals surface area (Å²) in [6, 6.07) is 7.28. The van der Waals surface area contributed by atoms with E-state index in [1.54, 1.807) is 12.1 Å². The maximum absolute atomic E-state index is 6.85. The third-order valence-corrected chi connectivity index (χ3v) is 2.79. The molecule has 1 aliphatic rings. The van der Waals surface area contributed by atoms with Crippen LogP contribution in [-0.2, 0) is 4.74 Å². The molecule has 0 saturated carbocycles. The van der Waals surface area contributed by atoms with Gasteiger partial charge >= 0.3 is 0 Å². The molecule has 0 radical (unpaired) electrons. The van der Waals surface area contributed by atoms with Crippen molar-refractivity contribution in [2.45, 2.75) is 12.8 Å². The summed E-state index contributed by atoms with van der Waals surface area (Å²) in [6.07, 6.45) is 2.17. The van der Waals surface area contributed by atoms with Crippen molar-refractivity contribution in [1.82, 2.24) is 0 Å². The van der Waals surface area contributed by atoms with Gasteiger partial charge in [0.15, 0.2) is 5.69 Å². The number of rotatable bonds is 3. The minimum atomic E-state index is 0.606. The average molecular weight is 217 g/mol. The van der Waals surface area contributed by atoms with Gasteiger partial charge in [0.25, 0.3) is 0 Å². The third kappa shape index (κ3) is 2.98. The van der Waals surface area contributed by atoms with E-state index >= 15 is 0 Å². The quantitative estimate of drug-likeness (QED) is 0.726. The van der Waals surface area contributed by atoms with Crippen LogP contribution in [0.15, 0.2) is 24.3 Å². The Hall–Kier alpha value is -1.53. The molecule has 0 aromatic heterocycles. The zero-order valence-electron chi connectivity index (χ0n) is 9.19. The second-order valence-corrected chi connectivity index (χ2v) is 3.97. The first-order valence-electron chi connectivity index (χ1n) is 5.56. The SMILES string of the molecule is [C-]#[N+]c1ccc(OCC2CCOCC2)cc1. The molecule has 0 unspecified atom stereocenters. The van der Waals surface area contributed by atoms with E-state index in [1.807, 2.05) is 12.1 Å². The van der Waals surface area contributed by atoms with E-state index in [0.717, 1.165) is 38.4 Å². The van der Waals surface area contributed by atoms with E-state index in [0.29, 0.717) is 11.6 Å². The molecule has 0 N–H and O–H groups in total. The Bertz CT molecular complexity index is 361. The molecule has 0 aliphatic carbocycles. The normalized spacial score (nSPS) is 16.7. The summed E-state index contributed by atoms with van der Waals surface area (Å²) in [5.41, 5.74) is 0.651. The van der Waals surface area contributed by atoms with Gasteiger partial charge in [-0.2, -0.15) is 0 Å². The topological polar surface area (TPSA) is 22.8 Å². The lowest BCUT2D eigenvalue weighted by molar-refractivity contribution is 0.0497. The fourth-order valence-electron chi connectivity index (χ4n) is 1.74. The maximum atomic E-state index is 6.85. The highest BCUT2D eigenvalue weighted by Crippen LogP contribution is 2.20. The lowest BCUT2D eigenvalue weighted by Gasteiger charge is -2.22. The van der Waals surface area contributed by atoms with Gasteiger partial charge < -0.3 is 9.47 Å². The van der Waals surface area contributed by atoms with Crippen molar-refractivity contribution in [3.8, 4) is 5.75 Å². The molecule has 1 saturated heterocycles. The highest BCUT2D eigenvalue weighted by atomic mass is 16.5. The van der Waals surface area contributed by atoms with Crippen molar-refractivity contribution in [2.24, 2.45) is 5.92 Å². The Morgan fingerprint density at radius 3 is 2.56 bits per heavy atom. The molecule has 1 aliphatic heterocycles. The average Bonchev–Trinajstić information content (AvgIpc) is 2.38. The monoisotopic (exact) mass is 217 g/mol. The third-order valence-electron chi connectivity index (χ3n) is 2.79. The molecule has 16 heavy (non-hydrogen) atoms. The van der Waals surface area contributed by atoms with Crippen molar-refractivity contribution in [1.29, 1.82) is 0 Å².